The maximum Gasteiger partial charge on any atom is 0.243 e. The first-order valence-electron chi connectivity index (χ1n) is 7.79. The fourth-order valence-corrected chi connectivity index (χ4v) is 4.54. The number of nitrogens with one attached hydrogen (secondary N) is 1. The minimum Gasteiger partial charge on any atom is -0.316 e. The second-order valence-electron chi connectivity index (χ2n) is 5.74. The number of hydrogen-bond acceptors (Lipinski definition) is 3. The summed E-state index contributed by atoms with van der Waals surface area (Å²) in [5.41, 5.74) is 2.28. The smallest absolute Gasteiger partial charge is 0.243 e. The normalized spacial score (nSPS) is 20.0. The summed E-state index contributed by atoms with van der Waals surface area (Å²) in [7, 11) is -1.46. The zero-order valence-corrected chi connectivity index (χ0v) is 14.0. The van der Waals surface area contributed by atoms with Gasteiger partial charge in [0, 0.05) is 19.6 Å². The fraction of sp³-hybridized carbons (Fsp3) is 0.625. The van der Waals surface area contributed by atoms with Crippen LogP contribution in [-0.4, -0.2) is 32.9 Å². The van der Waals surface area contributed by atoms with Gasteiger partial charge < -0.3 is 5.32 Å². The van der Waals surface area contributed by atoms with Crippen LogP contribution >= 0.6 is 0 Å². The van der Waals surface area contributed by atoms with Crippen LogP contribution in [0.4, 0.5) is 0 Å². The predicted molar refractivity (Wildman–Crippen MR) is 85.7 cm³/mol. The lowest BCUT2D eigenvalue weighted by Crippen LogP contribution is -2.29. The lowest BCUT2D eigenvalue weighted by molar-refractivity contribution is 0.453. The monoisotopic (exact) mass is 310 g/mol. The second kappa shape index (κ2) is 6.90. The van der Waals surface area contributed by atoms with Crippen LogP contribution in [0.2, 0.25) is 0 Å². The Labute approximate surface area is 128 Å². The summed E-state index contributed by atoms with van der Waals surface area (Å²) >= 11 is 0. The molecule has 1 aromatic carbocycles. The molecule has 5 heteroatoms. The molecule has 4 nitrogen and oxygen atoms in total. The van der Waals surface area contributed by atoms with Crippen LogP contribution in [0.1, 0.15) is 37.8 Å². The summed E-state index contributed by atoms with van der Waals surface area (Å²) in [6.45, 7) is 6.23. The standard InChI is InChI=1S/C16H26N2O2S/c1-4-13-8-9-18(12-13)21(19,20)16-7-6-14(5-2)15(10-16)11-17-3/h6-7,10,13,17H,4-5,8-9,11-12H2,1-3H3. The Morgan fingerprint density at radius 1 is 1.29 bits per heavy atom. The quantitative estimate of drug-likeness (QED) is 0.878. The van der Waals surface area contributed by atoms with Crippen molar-refractivity contribution in [2.75, 3.05) is 20.1 Å². The minimum atomic E-state index is -3.34. The van der Waals surface area contributed by atoms with Crippen molar-refractivity contribution >= 4 is 10.0 Å². The van der Waals surface area contributed by atoms with Crippen molar-refractivity contribution in [1.29, 1.82) is 0 Å². The van der Waals surface area contributed by atoms with Crippen LogP contribution in [0, 0.1) is 5.92 Å². The van der Waals surface area contributed by atoms with Crippen molar-refractivity contribution in [3.8, 4) is 0 Å². The predicted octanol–water partition coefficient (Wildman–Crippen LogP) is 2.39. The molecule has 1 saturated heterocycles. The lowest BCUT2D eigenvalue weighted by atomic mass is 10.1. The number of sulfonamides is 1. The molecule has 21 heavy (non-hydrogen) atoms. The molecule has 0 bridgehead atoms. The van der Waals surface area contributed by atoms with Crippen molar-refractivity contribution in [1.82, 2.24) is 9.62 Å². The van der Waals surface area contributed by atoms with E-state index in [-0.39, 0.29) is 0 Å². The number of hydrogen-bond donors (Lipinski definition) is 1. The van der Waals surface area contributed by atoms with Gasteiger partial charge in [-0.1, -0.05) is 26.3 Å². The molecule has 0 radical (unpaired) electrons. The van der Waals surface area contributed by atoms with E-state index in [0.717, 1.165) is 24.8 Å². The zero-order valence-electron chi connectivity index (χ0n) is 13.2. The molecule has 0 aliphatic carbocycles. The maximum atomic E-state index is 12.8. The van der Waals surface area contributed by atoms with Crippen LogP contribution in [0.3, 0.4) is 0 Å². The highest BCUT2D eigenvalue weighted by Crippen LogP contribution is 2.27. The summed E-state index contributed by atoms with van der Waals surface area (Å²) < 4.78 is 27.2. The van der Waals surface area contributed by atoms with Crippen molar-refractivity contribution in [3.63, 3.8) is 0 Å². The van der Waals surface area contributed by atoms with E-state index in [0.29, 0.717) is 30.4 Å². The Hall–Kier alpha value is -0.910. The molecule has 1 unspecified atom stereocenters. The van der Waals surface area contributed by atoms with Gasteiger partial charge in [-0.3, -0.25) is 0 Å². The zero-order chi connectivity index (χ0) is 15.5. The van der Waals surface area contributed by atoms with Gasteiger partial charge in [-0.2, -0.15) is 4.31 Å². The lowest BCUT2D eigenvalue weighted by Gasteiger charge is -2.18. The third-order valence-corrected chi connectivity index (χ3v) is 6.25. The molecular formula is C16H26N2O2S. The van der Waals surface area contributed by atoms with Gasteiger partial charge in [0.2, 0.25) is 10.0 Å². The minimum absolute atomic E-state index is 0.432. The van der Waals surface area contributed by atoms with E-state index < -0.39 is 10.0 Å². The molecule has 0 aromatic heterocycles. The van der Waals surface area contributed by atoms with Crippen LogP contribution < -0.4 is 5.32 Å². The third-order valence-electron chi connectivity index (χ3n) is 4.39. The highest BCUT2D eigenvalue weighted by molar-refractivity contribution is 7.89. The number of aryl methyl sites for hydroxylation is 1. The molecule has 0 amide bonds. The van der Waals surface area contributed by atoms with E-state index >= 15 is 0 Å². The molecule has 1 fully saturated rings. The van der Waals surface area contributed by atoms with E-state index in [1.54, 1.807) is 10.4 Å². The molecule has 2 rings (SSSR count). The Kier molecular flexibility index (Phi) is 5.41. The molecule has 1 aromatic rings. The van der Waals surface area contributed by atoms with Crippen LogP contribution in [0.5, 0.6) is 0 Å². The highest BCUT2D eigenvalue weighted by atomic mass is 32.2. The first-order valence-corrected chi connectivity index (χ1v) is 9.23. The maximum absolute atomic E-state index is 12.8. The van der Waals surface area contributed by atoms with Gasteiger partial charge in [-0.25, -0.2) is 8.42 Å². The van der Waals surface area contributed by atoms with Gasteiger partial charge in [0.05, 0.1) is 4.90 Å². The van der Waals surface area contributed by atoms with Gasteiger partial charge in [0.15, 0.2) is 0 Å². The van der Waals surface area contributed by atoms with Gasteiger partial charge in [0.1, 0.15) is 0 Å². The molecule has 1 heterocycles. The summed E-state index contributed by atoms with van der Waals surface area (Å²) in [6.07, 6.45) is 2.94. The Morgan fingerprint density at radius 2 is 2.05 bits per heavy atom. The first-order chi connectivity index (χ1) is 10.0. The molecule has 1 N–H and O–H groups in total. The number of rotatable bonds is 6. The van der Waals surface area contributed by atoms with E-state index in [1.807, 2.05) is 19.2 Å². The van der Waals surface area contributed by atoms with E-state index in [9.17, 15) is 8.42 Å². The number of benzene rings is 1. The Morgan fingerprint density at radius 3 is 2.62 bits per heavy atom. The van der Waals surface area contributed by atoms with Crippen molar-refractivity contribution < 1.29 is 8.42 Å². The van der Waals surface area contributed by atoms with Crippen molar-refractivity contribution in [2.45, 2.75) is 44.6 Å². The molecule has 118 valence electrons. The van der Waals surface area contributed by atoms with E-state index in [4.69, 9.17) is 0 Å². The molecule has 1 aliphatic heterocycles. The van der Waals surface area contributed by atoms with Gasteiger partial charge in [-0.15, -0.1) is 0 Å². The molecule has 1 atom stereocenters. The Balaban J connectivity index is 2.30. The second-order valence-corrected chi connectivity index (χ2v) is 7.68. The number of nitrogens with zero attached hydrogens (tertiary/aromatic N) is 1. The molecule has 0 saturated carbocycles. The average molecular weight is 310 g/mol. The van der Waals surface area contributed by atoms with E-state index in [1.165, 1.54) is 5.56 Å². The summed E-state index contributed by atoms with van der Waals surface area (Å²) in [5, 5.41) is 3.11. The fourth-order valence-electron chi connectivity index (χ4n) is 2.96. The van der Waals surface area contributed by atoms with Gasteiger partial charge >= 0.3 is 0 Å². The Bertz CT molecular complexity index is 584. The van der Waals surface area contributed by atoms with Crippen molar-refractivity contribution in [3.05, 3.63) is 29.3 Å². The molecule has 1 aliphatic rings. The van der Waals surface area contributed by atoms with E-state index in [2.05, 4.69) is 19.2 Å². The summed E-state index contributed by atoms with van der Waals surface area (Å²) in [5.74, 6) is 0.506. The summed E-state index contributed by atoms with van der Waals surface area (Å²) in [4.78, 5) is 0.432. The molecule has 0 spiro atoms. The van der Waals surface area contributed by atoms with Crippen LogP contribution in [-0.2, 0) is 23.0 Å². The largest absolute Gasteiger partial charge is 0.316 e. The molecular weight excluding hydrogens is 284 g/mol. The SMILES string of the molecule is CCc1ccc(S(=O)(=O)N2CCC(CC)C2)cc1CNC. The first kappa shape index (κ1) is 16.5. The average Bonchev–Trinajstić information content (AvgIpc) is 2.97. The summed E-state index contributed by atoms with van der Waals surface area (Å²) in [6, 6.07) is 5.55. The topological polar surface area (TPSA) is 49.4 Å². The van der Waals surface area contributed by atoms with Crippen LogP contribution in [0.25, 0.3) is 0 Å². The third kappa shape index (κ3) is 3.47. The van der Waals surface area contributed by atoms with Gasteiger partial charge in [-0.05, 0) is 49.1 Å². The van der Waals surface area contributed by atoms with Crippen molar-refractivity contribution in [2.24, 2.45) is 5.92 Å². The van der Waals surface area contributed by atoms with Crippen LogP contribution in [0.15, 0.2) is 23.1 Å². The highest BCUT2D eigenvalue weighted by Gasteiger charge is 2.31. The van der Waals surface area contributed by atoms with Gasteiger partial charge in [0.25, 0.3) is 0 Å².